The fourth-order valence-corrected chi connectivity index (χ4v) is 2.36. The average molecular weight is 243 g/mol. The molecular formula is C12H25N3O2. The Morgan fingerprint density at radius 2 is 2.35 bits per heavy atom. The molecule has 0 aromatic heterocycles. The van der Waals surface area contributed by atoms with E-state index in [1.54, 1.807) is 7.05 Å². The van der Waals surface area contributed by atoms with Gasteiger partial charge in [-0.2, -0.15) is 0 Å². The number of piperidine rings is 1. The molecule has 0 spiro atoms. The van der Waals surface area contributed by atoms with Gasteiger partial charge in [0.15, 0.2) is 0 Å². The molecule has 1 rings (SSSR count). The Bertz CT molecular complexity index is 248. The summed E-state index contributed by atoms with van der Waals surface area (Å²) in [6.07, 6.45) is 2.44. The van der Waals surface area contributed by atoms with Gasteiger partial charge in [-0.3, -0.25) is 9.69 Å². The van der Waals surface area contributed by atoms with Crippen LogP contribution in [0.25, 0.3) is 0 Å². The van der Waals surface area contributed by atoms with Crippen LogP contribution in [0.2, 0.25) is 0 Å². The summed E-state index contributed by atoms with van der Waals surface area (Å²) in [4.78, 5) is 16.1. The third-order valence-corrected chi connectivity index (χ3v) is 3.53. The number of rotatable bonds is 5. The number of hydrogen-bond acceptors (Lipinski definition) is 5. The maximum absolute atomic E-state index is 11.5. The second kappa shape index (κ2) is 6.93. The Kier molecular flexibility index (Phi) is 5.88. The molecule has 1 heterocycles. The minimum atomic E-state index is -0.239. The SMILES string of the molecule is CNC(CN(C)C1CCCN(C)C1)C(=O)OC. The van der Waals surface area contributed by atoms with Gasteiger partial charge < -0.3 is 15.0 Å². The van der Waals surface area contributed by atoms with Crippen LogP contribution in [-0.2, 0) is 9.53 Å². The number of nitrogens with one attached hydrogen (secondary N) is 1. The first kappa shape index (κ1) is 14.4. The van der Waals surface area contributed by atoms with Gasteiger partial charge >= 0.3 is 5.97 Å². The van der Waals surface area contributed by atoms with Crippen molar-refractivity contribution in [3.8, 4) is 0 Å². The standard InChI is InChI=1S/C12H25N3O2/c1-13-11(12(16)17-4)9-15(3)10-6-5-7-14(2)8-10/h10-11,13H,5-9H2,1-4H3. The first-order valence-corrected chi connectivity index (χ1v) is 6.22. The van der Waals surface area contributed by atoms with E-state index in [4.69, 9.17) is 4.74 Å². The topological polar surface area (TPSA) is 44.8 Å². The van der Waals surface area contributed by atoms with Crippen LogP contribution in [0.1, 0.15) is 12.8 Å². The smallest absolute Gasteiger partial charge is 0.324 e. The van der Waals surface area contributed by atoms with Crippen molar-refractivity contribution in [1.82, 2.24) is 15.1 Å². The Labute approximate surface area is 104 Å². The van der Waals surface area contributed by atoms with Crippen LogP contribution in [0, 0.1) is 0 Å². The van der Waals surface area contributed by atoms with E-state index in [1.165, 1.54) is 26.5 Å². The van der Waals surface area contributed by atoms with Crippen molar-refractivity contribution in [2.24, 2.45) is 0 Å². The molecule has 0 radical (unpaired) electrons. The highest BCUT2D eigenvalue weighted by atomic mass is 16.5. The lowest BCUT2D eigenvalue weighted by molar-refractivity contribution is -0.143. The van der Waals surface area contributed by atoms with Gasteiger partial charge in [-0.15, -0.1) is 0 Å². The number of likely N-dealkylation sites (tertiary alicyclic amines) is 1. The molecular weight excluding hydrogens is 218 g/mol. The van der Waals surface area contributed by atoms with Gasteiger partial charge in [0.2, 0.25) is 0 Å². The summed E-state index contributed by atoms with van der Waals surface area (Å²) in [6, 6.07) is 0.298. The summed E-state index contributed by atoms with van der Waals surface area (Å²) in [5.41, 5.74) is 0. The van der Waals surface area contributed by atoms with Crippen molar-refractivity contribution in [3.63, 3.8) is 0 Å². The molecule has 1 aliphatic heterocycles. The molecule has 1 aliphatic rings. The largest absolute Gasteiger partial charge is 0.468 e. The van der Waals surface area contributed by atoms with E-state index in [0.29, 0.717) is 12.6 Å². The highest BCUT2D eigenvalue weighted by molar-refractivity contribution is 5.75. The third-order valence-electron chi connectivity index (χ3n) is 3.53. The highest BCUT2D eigenvalue weighted by Gasteiger charge is 2.25. The van der Waals surface area contributed by atoms with Gasteiger partial charge in [0, 0.05) is 19.1 Å². The van der Waals surface area contributed by atoms with Crippen molar-refractivity contribution < 1.29 is 9.53 Å². The zero-order chi connectivity index (χ0) is 12.8. The van der Waals surface area contributed by atoms with Gasteiger partial charge in [-0.05, 0) is 40.5 Å². The summed E-state index contributed by atoms with van der Waals surface area (Å²) in [6.45, 7) is 2.95. The summed E-state index contributed by atoms with van der Waals surface area (Å²) < 4.78 is 4.77. The first-order chi connectivity index (χ1) is 8.08. The van der Waals surface area contributed by atoms with E-state index < -0.39 is 0 Å². The molecule has 5 nitrogen and oxygen atoms in total. The summed E-state index contributed by atoms with van der Waals surface area (Å²) in [7, 11) is 7.45. The molecule has 0 aromatic rings. The van der Waals surface area contributed by atoms with Crippen molar-refractivity contribution in [1.29, 1.82) is 0 Å². The van der Waals surface area contributed by atoms with Crippen LogP contribution in [0.4, 0.5) is 0 Å². The normalized spacial score (nSPS) is 23.7. The maximum atomic E-state index is 11.5. The molecule has 0 bridgehead atoms. The summed E-state index contributed by atoms with van der Waals surface area (Å²) in [5.74, 6) is -0.191. The molecule has 0 aliphatic carbocycles. The fraction of sp³-hybridized carbons (Fsp3) is 0.917. The Balaban J connectivity index is 2.45. The lowest BCUT2D eigenvalue weighted by atomic mass is 10.0. The summed E-state index contributed by atoms with van der Waals surface area (Å²) >= 11 is 0. The Hall–Kier alpha value is -0.650. The van der Waals surface area contributed by atoms with Crippen LogP contribution >= 0.6 is 0 Å². The van der Waals surface area contributed by atoms with E-state index in [-0.39, 0.29) is 12.0 Å². The van der Waals surface area contributed by atoms with Crippen LogP contribution < -0.4 is 5.32 Å². The molecule has 5 heteroatoms. The van der Waals surface area contributed by atoms with E-state index >= 15 is 0 Å². The third kappa shape index (κ3) is 4.26. The zero-order valence-electron chi connectivity index (χ0n) is 11.4. The van der Waals surface area contributed by atoms with Crippen LogP contribution in [0.15, 0.2) is 0 Å². The van der Waals surface area contributed by atoms with Crippen LogP contribution in [-0.4, -0.2) is 75.7 Å². The number of likely N-dealkylation sites (N-methyl/N-ethyl adjacent to an activating group) is 3. The molecule has 2 unspecified atom stereocenters. The van der Waals surface area contributed by atoms with Gasteiger partial charge in [-0.25, -0.2) is 0 Å². The molecule has 1 N–H and O–H groups in total. The molecule has 0 amide bonds. The molecule has 0 aromatic carbocycles. The number of esters is 1. The van der Waals surface area contributed by atoms with Crippen molar-refractivity contribution in [2.45, 2.75) is 24.9 Å². The monoisotopic (exact) mass is 243 g/mol. The first-order valence-electron chi connectivity index (χ1n) is 6.22. The Morgan fingerprint density at radius 3 is 2.88 bits per heavy atom. The quantitative estimate of drug-likeness (QED) is 0.676. The van der Waals surface area contributed by atoms with E-state index in [1.807, 2.05) is 0 Å². The second-order valence-corrected chi connectivity index (χ2v) is 4.86. The van der Waals surface area contributed by atoms with E-state index in [9.17, 15) is 4.79 Å². The number of methoxy groups -OCH3 is 1. The van der Waals surface area contributed by atoms with Gasteiger partial charge in [0.05, 0.1) is 7.11 Å². The number of carbonyl (C=O) groups is 1. The Morgan fingerprint density at radius 1 is 1.65 bits per heavy atom. The lowest BCUT2D eigenvalue weighted by Gasteiger charge is -2.36. The number of nitrogens with zero attached hydrogens (tertiary/aromatic N) is 2. The lowest BCUT2D eigenvalue weighted by Crippen LogP contribution is -2.51. The van der Waals surface area contributed by atoms with Gasteiger partial charge in [-0.1, -0.05) is 0 Å². The second-order valence-electron chi connectivity index (χ2n) is 4.86. The number of carbonyl (C=O) groups excluding carboxylic acids is 1. The molecule has 1 fully saturated rings. The number of hydrogen-bond donors (Lipinski definition) is 1. The van der Waals surface area contributed by atoms with Crippen molar-refractivity contribution >= 4 is 5.97 Å². The number of ether oxygens (including phenoxy) is 1. The highest BCUT2D eigenvalue weighted by Crippen LogP contribution is 2.13. The van der Waals surface area contributed by atoms with Crippen LogP contribution in [0.3, 0.4) is 0 Å². The molecule has 2 atom stereocenters. The zero-order valence-corrected chi connectivity index (χ0v) is 11.4. The molecule has 100 valence electrons. The fourth-order valence-electron chi connectivity index (χ4n) is 2.36. The molecule has 1 saturated heterocycles. The summed E-state index contributed by atoms with van der Waals surface area (Å²) in [5, 5.41) is 3.00. The van der Waals surface area contributed by atoms with E-state index in [2.05, 4.69) is 29.2 Å². The molecule has 0 saturated carbocycles. The predicted octanol–water partition coefficient (Wildman–Crippen LogP) is -0.227. The van der Waals surface area contributed by atoms with Gasteiger partial charge in [0.25, 0.3) is 0 Å². The van der Waals surface area contributed by atoms with Crippen molar-refractivity contribution in [3.05, 3.63) is 0 Å². The maximum Gasteiger partial charge on any atom is 0.324 e. The molecule has 17 heavy (non-hydrogen) atoms. The average Bonchev–Trinajstić information content (AvgIpc) is 2.34. The predicted molar refractivity (Wildman–Crippen MR) is 68.0 cm³/mol. The van der Waals surface area contributed by atoms with Crippen molar-refractivity contribution in [2.75, 3.05) is 47.9 Å². The minimum absolute atomic E-state index is 0.191. The minimum Gasteiger partial charge on any atom is -0.468 e. The van der Waals surface area contributed by atoms with Gasteiger partial charge in [0.1, 0.15) is 6.04 Å². The van der Waals surface area contributed by atoms with E-state index in [0.717, 1.165) is 6.54 Å². The van der Waals surface area contributed by atoms with Crippen LogP contribution in [0.5, 0.6) is 0 Å².